The first-order chi connectivity index (χ1) is 10.6. The van der Waals surface area contributed by atoms with Gasteiger partial charge >= 0.3 is 152 Å². The molecule has 4 heteroatoms. The van der Waals surface area contributed by atoms with E-state index in [4.69, 9.17) is 0 Å². The fourth-order valence-electron chi connectivity index (χ4n) is 2.20. The molecular weight excluding hydrogens is 499 g/mol. The summed E-state index contributed by atoms with van der Waals surface area (Å²) in [4.78, 5) is 4.54. The average molecular weight is 524 g/mol. The van der Waals surface area contributed by atoms with Crippen molar-refractivity contribution in [3.05, 3.63) is 59.7 Å². The molecule has 2 nitrogen and oxygen atoms in total. The van der Waals surface area contributed by atoms with Crippen molar-refractivity contribution in [2.75, 3.05) is 28.2 Å². The van der Waals surface area contributed by atoms with Crippen molar-refractivity contribution in [2.24, 2.45) is 0 Å². The van der Waals surface area contributed by atoms with Crippen LogP contribution in [0.3, 0.4) is 0 Å². The van der Waals surface area contributed by atoms with Crippen molar-refractivity contribution < 1.29 is 0 Å². The number of hydrogen-bond acceptors (Lipinski definition) is 2. The molecule has 0 aromatic heterocycles. The van der Waals surface area contributed by atoms with Gasteiger partial charge in [0, 0.05) is 0 Å². The van der Waals surface area contributed by atoms with Crippen LogP contribution in [0.2, 0.25) is 0 Å². The molecule has 2 aromatic rings. The summed E-state index contributed by atoms with van der Waals surface area (Å²) in [5, 5.41) is 0. The maximum atomic E-state index is 2.36. The first-order valence-corrected chi connectivity index (χ1v) is 17.0. The predicted molar refractivity (Wildman–Crippen MR) is 98.4 cm³/mol. The zero-order valence-electron chi connectivity index (χ0n) is 13.7. The van der Waals surface area contributed by atoms with Crippen molar-refractivity contribution in [3.8, 4) is 0 Å². The SMILES string of the molecule is CN(C)Cc1ccccc1[Te][Te]c1ccccc1CN(C)C. The summed E-state index contributed by atoms with van der Waals surface area (Å²) in [7, 11) is 8.61. The third-order valence-corrected chi connectivity index (χ3v) is 15.1. The van der Waals surface area contributed by atoms with E-state index < -0.39 is 0 Å². The molecule has 0 unspecified atom stereocenters. The van der Waals surface area contributed by atoms with Crippen LogP contribution in [0.25, 0.3) is 0 Å². The Morgan fingerprint density at radius 1 is 0.636 bits per heavy atom. The van der Waals surface area contributed by atoms with Gasteiger partial charge in [-0.3, -0.25) is 0 Å². The fraction of sp³-hybridized carbons (Fsp3) is 0.333. The van der Waals surface area contributed by atoms with Gasteiger partial charge in [-0.05, 0) is 0 Å². The normalized spacial score (nSPS) is 11.4. The molecule has 118 valence electrons. The van der Waals surface area contributed by atoms with Crippen molar-refractivity contribution in [2.45, 2.75) is 13.1 Å². The minimum atomic E-state index is -0.0632. The van der Waals surface area contributed by atoms with Crippen LogP contribution in [-0.4, -0.2) is 72.1 Å². The summed E-state index contributed by atoms with van der Waals surface area (Å²) in [6, 6.07) is 18.1. The summed E-state index contributed by atoms with van der Waals surface area (Å²) in [5.41, 5.74) is 3.06. The summed E-state index contributed by atoms with van der Waals surface area (Å²) in [6.45, 7) is 2.13. The van der Waals surface area contributed by atoms with E-state index in [0.29, 0.717) is 0 Å². The van der Waals surface area contributed by atoms with Crippen LogP contribution in [0.1, 0.15) is 11.1 Å². The van der Waals surface area contributed by atoms with Gasteiger partial charge in [-0.15, -0.1) is 0 Å². The van der Waals surface area contributed by atoms with Crippen LogP contribution in [0.5, 0.6) is 0 Å². The fourth-order valence-corrected chi connectivity index (χ4v) is 14.5. The molecule has 0 saturated carbocycles. The average Bonchev–Trinajstić information content (AvgIpc) is 2.46. The van der Waals surface area contributed by atoms with E-state index in [2.05, 4.69) is 86.5 Å². The summed E-state index contributed by atoms with van der Waals surface area (Å²) in [6.07, 6.45) is 0. The molecule has 0 saturated heterocycles. The molecule has 0 aliphatic heterocycles. The van der Waals surface area contributed by atoms with E-state index in [1.807, 2.05) is 0 Å². The molecule has 0 aliphatic rings. The summed E-state index contributed by atoms with van der Waals surface area (Å²) >= 11 is -0.126. The number of nitrogens with zero attached hydrogens (tertiary/aromatic N) is 2. The topological polar surface area (TPSA) is 6.48 Å². The van der Waals surface area contributed by atoms with Crippen LogP contribution in [-0.2, 0) is 13.1 Å². The molecule has 0 heterocycles. The standard InChI is InChI=1S/C18H24N2Te2/c1-19(2)13-15-9-5-7-11-17(15)21-22-18-12-8-6-10-16(18)14-20(3)4/h5-12H,13-14H2,1-4H3. The Labute approximate surface area is 151 Å². The van der Waals surface area contributed by atoms with Gasteiger partial charge in [-0.2, -0.15) is 0 Å². The number of rotatable bonds is 7. The van der Waals surface area contributed by atoms with Gasteiger partial charge in [0.05, 0.1) is 0 Å². The van der Waals surface area contributed by atoms with E-state index in [9.17, 15) is 0 Å². The van der Waals surface area contributed by atoms with Gasteiger partial charge < -0.3 is 0 Å². The second-order valence-electron chi connectivity index (χ2n) is 5.86. The van der Waals surface area contributed by atoms with Crippen molar-refractivity contribution in [1.82, 2.24) is 9.80 Å². The second-order valence-corrected chi connectivity index (χ2v) is 15.7. The van der Waals surface area contributed by atoms with Gasteiger partial charge in [0.15, 0.2) is 0 Å². The quantitative estimate of drug-likeness (QED) is 0.502. The molecule has 0 fully saturated rings. The molecular formula is C18H24N2Te2. The van der Waals surface area contributed by atoms with Crippen molar-refractivity contribution in [1.29, 1.82) is 0 Å². The maximum absolute atomic E-state index is 2.36. The monoisotopic (exact) mass is 528 g/mol. The van der Waals surface area contributed by atoms with E-state index >= 15 is 0 Å². The van der Waals surface area contributed by atoms with E-state index in [1.54, 1.807) is 7.22 Å². The Bertz CT molecular complexity index is 544. The molecule has 0 amide bonds. The van der Waals surface area contributed by atoms with Crippen molar-refractivity contribution in [3.63, 3.8) is 0 Å². The van der Waals surface area contributed by atoms with Crippen LogP contribution in [0.15, 0.2) is 48.5 Å². The van der Waals surface area contributed by atoms with E-state index in [-0.39, 0.29) is 34.1 Å². The molecule has 0 radical (unpaired) electrons. The zero-order chi connectivity index (χ0) is 15.9. The van der Waals surface area contributed by atoms with Crippen LogP contribution >= 0.6 is 0 Å². The van der Waals surface area contributed by atoms with Crippen LogP contribution < -0.4 is 7.22 Å². The molecule has 0 spiro atoms. The van der Waals surface area contributed by atoms with Gasteiger partial charge in [0.1, 0.15) is 0 Å². The molecule has 0 atom stereocenters. The van der Waals surface area contributed by atoms with Crippen LogP contribution in [0, 0.1) is 0 Å². The minimum absolute atomic E-state index is 0.0632. The Kier molecular flexibility index (Phi) is 7.72. The van der Waals surface area contributed by atoms with Gasteiger partial charge in [0.25, 0.3) is 0 Å². The van der Waals surface area contributed by atoms with Crippen LogP contribution in [0.4, 0.5) is 0 Å². The first kappa shape index (κ1) is 18.3. The van der Waals surface area contributed by atoms with Gasteiger partial charge in [0.2, 0.25) is 0 Å². The number of benzene rings is 2. The summed E-state index contributed by atoms with van der Waals surface area (Å²) < 4.78 is 3.31. The van der Waals surface area contributed by atoms with Gasteiger partial charge in [-0.25, -0.2) is 0 Å². The van der Waals surface area contributed by atoms with E-state index in [1.165, 1.54) is 11.1 Å². The molecule has 2 rings (SSSR count). The zero-order valence-corrected chi connectivity index (χ0v) is 18.4. The van der Waals surface area contributed by atoms with Crippen molar-refractivity contribution >= 4 is 41.3 Å². The Morgan fingerprint density at radius 3 is 1.36 bits per heavy atom. The number of hydrogen-bond donors (Lipinski definition) is 0. The first-order valence-electron chi connectivity index (χ1n) is 7.36. The van der Waals surface area contributed by atoms with Gasteiger partial charge in [-0.1, -0.05) is 0 Å². The molecule has 0 N–H and O–H groups in total. The molecule has 0 bridgehead atoms. The third-order valence-electron chi connectivity index (χ3n) is 3.14. The Morgan fingerprint density at radius 2 is 1.00 bits per heavy atom. The molecule has 2 aromatic carbocycles. The second kappa shape index (κ2) is 9.29. The Balaban J connectivity index is 2.10. The summed E-state index contributed by atoms with van der Waals surface area (Å²) in [5.74, 6) is 0. The van der Waals surface area contributed by atoms with E-state index in [0.717, 1.165) is 13.1 Å². The molecule has 0 aliphatic carbocycles. The molecule has 22 heavy (non-hydrogen) atoms. The third kappa shape index (κ3) is 5.86. The predicted octanol–water partition coefficient (Wildman–Crippen LogP) is 1.08. The Hall–Kier alpha value is -0.0608.